The molecule has 1 atom stereocenters. The Hall–Kier alpha value is -0.760. The molecule has 2 N–H and O–H groups in total. The minimum absolute atomic E-state index is 0. The Kier molecular flexibility index (Phi) is 7.01. The molecule has 3 rings (SSSR count). The van der Waals surface area contributed by atoms with Crippen molar-refractivity contribution in [3.8, 4) is 0 Å². The fourth-order valence-electron chi connectivity index (χ4n) is 3.08. The third kappa shape index (κ3) is 5.15. The van der Waals surface area contributed by atoms with E-state index in [1.165, 1.54) is 32.4 Å². The van der Waals surface area contributed by atoms with Gasteiger partial charge in [-0.25, -0.2) is 0 Å². The highest BCUT2D eigenvalue weighted by atomic mass is 127. The van der Waals surface area contributed by atoms with Crippen molar-refractivity contribution < 1.29 is 0 Å². The molecule has 2 heterocycles. The van der Waals surface area contributed by atoms with Crippen LogP contribution in [-0.4, -0.2) is 54.7 Å². The monoisotopic (exact) mass is 417 g/mol. The number of hydrogen-bond acceptors (Lipinski definition) is 2. The summed E-state index contributed by atoms with van der Waals surface area (Å²) in [5.74, 6) is 1.70. The first-order chi connectivity index (χ1) is 10.3. The zero-order valence-electron chi connectivity index (χ0n) is 13.4. The number of likely N-dealkylation sites (tertiary alicyclic amines) is 1. The Morgan fingerprint density at radius 1 is 1.18 bits per heavy atom. The fraction of sp³-hybridized carbons (Fsp3) is 0.688. The van der Waals surface area contributed by atoms with Crippen molar-refractivity contribution in [1.82, 2.24) is 20.1 Å². The Morgan fingerprint density at radius 2 is 1.95 bits per heavy atom. The molecule has 0 spiro atoms. The molecule has 1 aromatic rings. The summed E-state index contributed by atoms with van der Waals surface area (Å²) in [5.41, 5.74) is 0. The topological polar surface area (TPSA) is 44.6 Å². The normalized spacial score (nSPS) is 22.4. The van der Waals surface area contributed by atoms with Crippen LogP contribution >= 0.6 is 24.0 Å². The minimum Gasteiger partial charge on any atom is -0.356 e. The average Bonchev–Trinajstić information content (AvgIpc) is 3.02. The first kappa shape index (κ1) is 17.6. The molecule has 1 saturated heterocycles. The van der Waals surface area contributed by atoms with E-state index in [1.807, 2.05) is 7.05 Å². The lowest BCUT2D eigenvalue weighted by atomic mass is 10.1. The maximum Gasteiger partial charge on any atom is 0.191 e. The van der Waals surface area contributed by atoms with Gasteiger partial charge in [0.25, 0.3) is 0 Å². The second-order valence-electron chi connectivity index (χ2n) is 6.18. The van der Waals surface area contributed by atoms with Crippen molar-refractivity contribution >= 4 is 29.9 Å². The highest BCUT2D eigenvalue weighted by Gasteiger charge is 2.34. The van der Waals surface area contributed by atoms with Crippen LogP contribution in [0.1, 0.15) is 19.3 Å². The summed E-state index contributed by atoms with van der Waals surface area (Å²) in [6.45, 7) is 5.45. The van der Waals surface area contributed by atoms with E-state index >= 15 is 0 Å². The zero-order chi connectivity index (χ0) is 14.5. The number of nitrogens with one attached hydrogen (secondary N) is 2. The van der Waals surface area contributed by atoms with Crippen LogP contribution in [0.15, 0.2) is 29.5 Å². The van der Waals surface area contributed by atoms with Crippen molar-refractivity contribution in [3.63, 3.8) is 0 Å². The molecular formula is C16H28IN5. The summed E-state index contributed by atoms with van der Waals surface area (Å²) in [5, 5.41) is 6.86. The van der Waals surface area contributed by atoms with Crippen molar-refractivity contribution in [3.05, 3.63) is 24.5 Å². The van der Waals surface area contributed by atoms with Gasteiger partial charge in [-0.2, -0.15) is 0 Å². The van der Waals surface area contributed by atoms with Gasteiger partial charge in [-0.3, -0.25) is 4.99 Å². The van der Waals surface area contributed by atoms with Gasteiger partial charge < -0.3 is 20.1 Å². The van der Waals surface area contributed by atoms with Crippen LogP contribution in [-0.2, 0) is 6.54 Å². The third-order valence-electron chi connectivity index (χ3n) is 4.49. The average molecular weight is 417 g/mol. The number of rotatable bonds is 6. The summed E-state index contributed by atoms with van der Waals surface area (Å²) >= 11 is 0. The van der Waals surface area contributed by atoms with Gasteiger partial charge >= 0.3 is 0 Å². The second-order valence-corrected chi connectivity index (χ2v) is 6.18. The van der Waals surface area contributed by atoms with Crippen LogP contribution in [0.2, 0.25) is 0 Å². The summed E-state index contributed by atoms with van der Waals surface area (Å²) in [4.78, 5) is 6.97. The Morgan fingerprint density at radius 3 is 2.64 bits per heavy atom. The smallest absolute Gasteiger partial charge is 0.191 e. The number of aromatic nitrogens is 1. The molecule has 1 aromatic heterocycles. The molecule has 0 aromatic carbocycles. The summed E-state index contributed by atoms with van der Waals surface area (Å²) in [6, 6.07) is 5.02. The van der Waals surface area contributed by atoms with E-state index in [4.69, 9.17) is 0 Å². The molecule has 0 amide bonds. The molecule has 1 unspecified atom stereocenters. The van der Waals surface area contributed by atoms with Gasteiger partial charge in [0.2, 0.25) is 0 Å². The Labute approximate surface area is 150 Å². The molecular weight excluding hydrogens is 389 g/mol. The molecule has 5 nitrogen and oxygen atoms in total. The number of guanidine groups is 1. The van der Waals surface area contributed by atoms with Gasteiger partial charge in [0.1, 0.15) is 0 Å². The fourth-order valence-corrected chi connectivity index (χ4v) is 3.08. The maximum atomic E-state index is 4.31. The van der Waals surface area contributed by atoms with Gasteiger partial charge in [-0.15, -0.1) is 24.0 Å². The summed E-state index contributed by atoms with van der Waals surface area (Å²) in [6.07, 6.45) is 8.33. The highest BCUT2D eigenvalue weighted by Crippen LogP contribution is 2.31. The van der Waals surface area contributed by atoms with Crippen LogP contribution < -0.4 is 10.6 Å². The lowest BCUT2D eigenvalue weighted by molar-refractivity contribution is 0.314. The molecule has 1 saturated carbocycles. The second kappa shape index (κ2) is 8.76. The van der Waals surface area contributed by atoms with Gasteiger partial charge in [-0.1, -0.05) is 0 Å². The molecule has 6 heteroatoms. The standard InChI is InChI=1S/C16H27N5.HI/c1-17-16(18-7-11-20-8-2-3-9-20)19-12-14-6-10-21(13-14)15-4-5-15;/h2-3,8-9,14-15H,4-7,10-13H2,1H3,(H2,17,18,19);1H. The summed E-state index contributed by atoms with van der Waals surface area (Å²) in [7, 11) is 1.84. The molecule has 2 fully saturated rings. The third-order valence-corrected chi connectivity index (χ3v) is 4.49. The van der Waals surface area contributed by atoms with Crippen LogP contribution in [0.25, 0.3) is 0 Å². The van der Waals surface area contributed by atoms with Crippen LogP contribution in [0, 0.1) is 5.92 Å². The molecule has 1 aliphatic heterocycles. The van der Waals surface area contributed by atoms with Gasteiger partial charge in [0, 0.05) is 51.7 Å². The number of halogens is 1. The number of hydrogen-bond donors (Lipinski definition) is 2. The maximum absolute atomic E-state index is 4.31. The van der Waals surface area contributed by atoms with Crippen molar-refractivity contribution in [2.24, 2.45) is 10.9 Å². The van der Waals surface area contributed by atoms with Crippen LogP contribution in [0.4, 0.5) is 0 Å². The predicted molar refractivity (Wildman–Crippen MR) is 102 cm³/mol. The molecule has 124 valence electrons. The van der Waals surface area contributed by atoms with Crippen molar-refractivity contribution in [2.75, 3.05) is 33.2 Å². The van der Waals surface area contributed by atoms with Crippen molar-refractivity contribution in [1.29, 1.82) is 0 Å². The van der Waals surface area contributed by atoms with Crippen molar-refractivity contribution in [2.45, 2.75) is 31.8 Å². The van der Waals surface area contributed by atoms with Crippen LogP contribution in [0.5, 0.6) is 0 Å². The van der Waals surface area contributed by atoms with E-state index in [0.717, 1.165) is 37.6 Å². The van der Waals surface area contributed by atoms with E-state index in [-0.39, 0.29) is 24.0 Å². The van der Waals surface area contributed by atoms with Gasteiger partial charge in [0.15, 0.2) is 5.96 Å². The lowest BCUT2D eigenvalue weighted by Gasteiger charge is -2.17. The van der Waals surface area contributed by atoms with Gasteiger partial charge in [-0.05, 0) is 43.9 Å². The highest BCUT2D eigenvalue weighted by molar-refractivity contribution is 14.0. The molecule has 0 radical (unpaired) electrons. The molecule has 1 aliphatic carbocycles. The Bertz CT molecular complexity index is 455. The number of nitrogens with zero attached hydrogens (tertiary/aromatic N) is 3. The number of aliphatic imine (C=N–C) groups is 1. The Balaban J connectivity index is 0.00000176. The minimum atomic E-state index is 0. The SMILES string of the molecule is CN=C(NCCn1cccc1)NCC1CCN(C2CC2)C1.I. The zero-order valence-corrected chi connectivity index (χ0v) is 15.7. The molecule has 2 aliphatic rings. The van der Waals surface area contributed by atoms with E-state index in [0.29, 0.717) is 0 Å². The first-order valence-electron chi connectivity index (χ1n) is 8.14. The van der Waals surface area contributed by atoms with Gasteiger partial charge in [0.05, 0.1) is 0 Å². The van der Waals surface area contributed by atoms with E-state index in [2.05, 4.69) is 49.6 Å². The predicted octanol–water partition coefficient (Wildman–Crippen LogP) is 1.76. The van der Waals surface area contributed by atoms with Crippen LogP contribution in [0.3, 0.4) is 0 Å². The van der Waals surface area contributed by atoms with E-state index in [9.17, 15) is 0 Å². The largest absolute Gasteiger partial charge is 0.356 e. The quantitative estimate of drug-likeness (QED) is 0.421. The molecule has 0 bridgehead atoms. The molecule has 22 heavy (non-hydrogen) atoms. The van der Waals surface area contributed by atoms with E-state index in [1.54, 1.807) is 0 Å². The lowest BCUT2D eigenvalue weighted by Crippen LogP contribution is -2.41. The van der Waals surface area contributed by atoms with E-state index < -0.39 is 0 Å². The summed E-state index contributed by atoms with van der Waals surface area (Å²) < 4.78 is 2.17. The first-order valence-corrected chi connectivity index (χ1v) is 8.14.